The maximum atomic E-state index is 12.8. The van der Waals surface area contributed by atoms with Crippen LogP contribution in [0.15, 0.2) is 52.1 Å². The van der Waals surface area contributed by atoms with Gasteiger partial charge < -0.3 is 10.1 Å². The summed E-state index contributed by atoms with van der Waals surface area (Å²) in [5.41, 5.74) is 1.91. The number of nitrogens with one attached hydrogen (secondary N) is 1. The third kappa shape index (κ3) is 4.40. The molecule has 9 heteroatoms. The van der Waals surface area contributed by atoms with E-state index in [-0.39, 0.29) is 30.1 Å². The van der Waals surface area contributed by atoms with Gasteiger partial charge in [-0.1, -0.05) is 18.2 Å². The molecule has 2 heterocycles. The number of aromatic nitrogens is 4. The molecule has 0 atom stereocenters. The van der Waals surface area contributed by atoms with Crippen LogP contribution in [0.4, 0.5) is 0 Å². The van der Waals surface area contributed by atoms with E-state index in [0.29, 0.717) is 5.69 Å². The summed E-state index contributed by atoms with van der Waals surface area (Å²) in [7, 11) is 1.37. The number of amides is 1. The molecule has 0 bridgehead atoms. The number of nitrogens with zero attached hydrogens (tertiary/aromatic N) is 4. The Morgan fingerprint density at radius 2 is 1.84 bits per heavy atom. The second-order valence-corrected chi connectivity index (χ2v) is 7.29. The van der Waals surface area contributed by atoms with Crippen LogP contribution < -0.4 is 21.2 Å². The van der Waals surface area contributed by atoms with Crippen molar-refractivity contribution in [3.05, 3.63) is 80.1 Å². The average Bonchev–Trinajstić information content (AvgIpc) is 2.79. The number of benzene rings is 1. The maximum absolute atomic E-state index is 12.8. The van der Waals surface area contributed by atoms with Crippen LogP contribution in [0, 0.1) is 0 Å². The summed E-state index contributed by atoms with van der Waals surface area (Å²) in [4.78, 5) is 37.4. The Balaban J connectivity index is 1.51. The van der Waals surface area contributed by atoms with Crippen molar-refractivity contribution in [2.45, 2.75) is 32.2 Å². The highest BCUT2D eigenvalue weighted by Crippen LogP contribution is 2.17. The molecule has 0 spiro atoms. The number of aryl methyl sites for hydroxylation is 2. The van der Waals surface area contributed by atoms with E-state index in [4.69, 9.17) is 4.74 Å². The molecule has 0 aliphatic heterocycles. The SMILES string of the molecule is COc1cc(=O)n(-c2ccccc2)nc1C(=O)NCCn1nc2c(cc1=O)CCCC2. The Labute approximate surface area is 178 Å². The van der Waals surface area contributed by atoms with Gasteiger partial charge in [-0.05, 0) is 43.4 Å². The fourth-order valence-corrected chi connectivity index (χ4v) is 3.63. The summed E-state index contributed by atoms with van der Waals surface area (Å²) in [5, 5.41) is 11.4. The Morgan fingerprint density at radius 3 is 2.61 bits per heavy atom. The van der Waals surface area contributed by atoms with E-state index >= 15 is 0 Å². The van der Waals surface area contributed by atoms with Gasteiger partial charge in [-0.2, -0.15) is 14.9 Å². The van der Waals surface area contributed by atoms with E-state index in [1.807, 2.05) is 6.07 Å². The van der Waals surface area contributed by atoms with Gasteiger partial charge in [-0.3, -0.25) is 14.4 Å². The zero-order chi connectivity index (χ0) is 21.8. The second-order valence-electron chi connectivity index (χ2n) is 7.29. The number of para-hydroxylation sites is 1. The van der Waals surface area contributed by atoms with Crippen molar-refractivity contribution >= 4 is 5.91 Å². The molecular weight excluding hydrogens is 398 g/mol. The predicted molar refractivity (Wildman–Crippen MR) is 114 cm³/mol. The minimum Gasteiger partial charge on any atom is -0.494 e. The monoisotopic (exact) mass is 421 g/mol. The van der Waals surface area contributed by atoms with Gasteiger partial charge in [0.05, 0.1) is 31.1 Å². The lowest BCUT2D eigenvalue weighted by molar-refractivity contribution is 0.0941. The van der Waals surface area contributed by atoms with E-state index in [1.54, 1.807) is 30.3 Å². The number of carbonyl (C=O) groups excluding carboxylic acids is 1. The summed E-state index contributed by atoms with van der Waals surface area (Å²) in [6, 6.07) is 11.7. The molecule has 1 aliphatic rings. The van der Waals surface area contributed by atoms with Gasteiger partial charge in [0.1, 0.15) is 0 Å². The van der Waals surface area contributed by atoms with Gasteiger partial charge in [0.25, 0.3) is 17.0 Å². The van der Waals surface area contributed by atoms with Crippen LogP contribution >= 0.6 is 0 Å². The molecular formula is C22H23N5O4. The predicted octanol–water partition coefficient (Wildman–Crippen LogP) is 1.11. The first kappa shape index (κ1) is 20.5. The van der Waals surface area contributed by atoms with E-state index in [9.17, 15) is 14.4 Å². The Kier molecular flexibility index (Phi) is 5.92. The number of fused-ring (bicyclic) bond motifs is 1. The molecule has 9 nitrogen and oxygen atoms in total. The minimum atomic E-state index is -0.507. The van der Waals surface area contributed by atoms with E-state index < -0.39 is 11.5 Å². The highest BCUT2D eigenvalue weighted by molar-refractivity contribution is 5.94. The quantitative estimate of drug-likeness (QED) is 0.639. The number of rotatable bonds is 6. The lowest BCUT2D eigenvalue weighted by Crippen LogP contribution is -2.34. The largest absolute Gasteiger partial charge is 0.494 e. The lowest BCUT2D eigenvalue weighted by Gasteiger charge is -2.16. The Bertz CT molecular complexity index is 1220. The molecule has 0 radical (unpaired) electrons. The number of hydrogen-bond acceptors (Lipinski definition) is 6. The van der Waals surface area contributed by atoms with E-state index in [1.165, 1.54) is 17.9 Å². The fraction of sp³-hybridized carbons (Fsp3) is 0.318. The third-order valence-electron chi connectivity index (χ3n) is 5.22. The van der Waals surface area contributed by atoms with Crippen molar-refractivity contribution in [1.29, 1.82) is 0 Å². The van der Waals surface area contributed by atoms with Crippen LogP contribution in [0.5, 0.6) is 5.75 Å². The third-order valence-corrected chi connectivity index (χ3v) is 5.22. The molecule has 2 aromatic heterocycles. The number of ether oxygens (including phenoxy) is 1. The van der Waals surface area contributed by atoms with Crippen molar-refractivity contribution in [1.82, 2.24) is 24.9 Å². The zero-order valence-electron chi connectivity index (χ0n) is 17.2. The van der Waals surface area contributed by atoms with Crippen LogP contribution in [0.1, 0.15) is 34.6 Å². The van der Waals surface area contributed by atoms with Crippen LogP contribution in [0.2, 0.25) is 0 Å². The van der Waals surface area contributed by atoms with Crippen LogP contribution in [0.25, 0.3) is 5.69 Å². The number of carbonyl (C=O) groups is 1. The number of hydrogen-bond donors (Lipinski definition) is 1. The van der Waals surface area contributed by atoms with Gasteiger partial charge in [-0.25, -0.2) is 4.68 Å². The van der Waals surface area contributed by atoms with Crippen LogP contribution in [-0.4, -0.2) is 39.1 Å². The van der Waals surface area contributed by atoms with Crippen molar-refractivity contribution < 1.29 is 9.53 Å². The summed E-state index contributed by atoms with van der Waals surface area (Å²) in [6.45, 7) is 0.415. The topological polar surface area (TPSA) is 108 Å². The Morgan fingerprint density at radius 1 is 1.06 bits per heavy atom. The highest BCUT2D eigenvalue weighted by atomic mass is 16.5. The minimum absolute atomic E-state index is 0.0169. The van der Waals surface area contributed by atoms with E-state index in [2.05, 4.69) is 15.5 Å². The molecule has 3 aromatic rings. The van der Waals surface area contributed by atoms with Gasteiger partial charge >= 0.3 is 0 Å². The van der Waals surface area contributed by atoms with Crippen molar-refractivity contribution in [2.24, 2.45) is 0 Å². The molecule has 1 aromatic carbocycles. The summed E-state index contributed by atoms with van der Waals surface area (Å²) < 4.78 is 7.70. The van der Waals surface area contributed by atoms with Crippen LogP contribution in [0.3, 0.4) is 0 Å². The summed E-state index contributed by atoms with van der Waals surface area (Å²) in [5.74, 6) is -0.425. The number of methoxy groups -OCH3 is 1. The molecule has 0 fully saturated rings. The smallest absolute Gasteiger partial charge is 0.275 e. The normalized spacial score (nSPS) is 12.8. The highest BCUT2D eigenvalue weighted by Gasteiger charge is 2.18. The average molecular weight is 421 g/mol. The Hall–Kier alpha value is -3.75. The van der Waals surface area contributed by atoms with Gasteiger partial charge in [0.15, 0.2) is 11.4 Å². The zero-order valence-corrected chi connectivity index (χ0v) is 17.2. The molecule has 0 saturated carbocycles. The molecule has 0 saturated heterocycles. The molecule has 160 valence electrons. The molecule has 4 rings (SSSR count). The fourth-order valence-electron chi connectivity index (χ4n) is 3.63. The van der Waals surface area contributed by atoms with Crippen molar-refractivity contribution in [3.8, 4) is 11.4 Å². The summed E-state index contributed by atoms with van der Waals surface area (Å²) >= 11 is 0. The van der Waals surface area contributed by atoms with Gasteiger partial charge in [-0.15, -0.1) is 0 Å². The van der Waals surface area contributed by atoms with Crippen molar-refractivity contribution in [2.75, 3.05) is 13.7 Å². The molecule has 31 heavy (non-hydrogen) atoms. The molecule has 0 unspecified atom stereocenters. The molecule has 1 N–H and O–H groups in total. The van der Waals surface area contributed by atoms with Gasteiger partial charge in [0.2, 0.25) is 0 Å². The first-order valence-electron chi connectivity index (χ1n) is 10.2. The second kappa shape index (κ2) is 8.95. The van der Waals surface area contributed by atoms with E-state index in [0.717, 1.165) is 41.6 Å². The maximum Gasteiger partial charge on any atom is 0.275 e. The standard InChI is InChI=1S/C22H23N5O4/c1-31-18-14-20(29)27(16-8-3-2-4-9-16)25-21(18)22(30)23-11-12-26-19(28)13-15-7-5-6-10-17(15)24-26/h2-4,8-9,13-14H,5-7,10-12H2,1H3,(H,23,30). The first-order chi connectivity index (χ1) is 15.1. The van der Waals surface area contributed by atoms with Crippen LogP contribution in [-0.2, 0) is 19.4 Å². The van der Waals surface area contributed by atoms with Crippen molar-refractivity contribution in [3.63, 3.8) is 0 Å². The molecule has 1 aliphatic carbocycles. The lowest BCUT2D eigenvalue weighted by atomic mass is 9.97. The first-order valence-corrected chi connectivity index (χ1v) is 10.2. The summed E-state index contributed by atoms with van der Waals surface area (Å²) in [6.07, 6.45) is 3.90. The molecule has 1 amide bonds. The van der Waals surface area contributed by atoms with Gasteiger partial charge in [0, 0.05) is 12.6 Å².